The summed E-state index contributed by atoms with van der Waals surface area (Å²) in [6.45, 7) is 2.83. The third-order valence-electron chi connectivity index (χ3n) is 4.60. The van der Waals surface area contributed by atoms with E-state index in [9.17, 15) is 13.2 Å². The molecule has 1 aliphatic heterocycles. The number of amides is 1. The Labute approximate surface area is 140 Å². The Balaban J connectivity index is 1.58. The van der Waals surface area contributed by atoms with Crippen LogP contribution in [0.4, 0.5) is 5.13 Å². The molecule has 1 saturated heterocycles. The van der Waals surface area contributed by atoms with Crippen molar-refractivity contribution in [2.45, 2.75) is 39.0 Å². The van der Waals surface area contributed by atoms with E-state index in [1.807, 2.05) is 0 Å². The van der Waals surface area contributed by atoms with E-state index in [0.29, 0.717) is 37.0 Å². The predicted octanol–water partition coefficient (Wildman–Crippen LogP) is 1.12. The number of aryl methyl sites for hydroxylation is 1. The monoisotopic (exact) mass is 358 g/mol. The highest BCUT2D eigenvalue weighted by Crippen LogP contribution is 2.32. The molecule has 0 aromatic carbocycles. The van der Waals surface area contributed by atoms with Crippen molar-refractivity contribution in [2.75, 3.05) is 18.4 Å². The van der Waals surface area contributed by atoms with Gasteiger partial charge < -0.3 is 5.32 Å². The molecule has 9 heteroatoms. The van der Waals surface area contributed by atoms with Crippen LogP contribution in [-0.4, -0.2) is 36.7 Å². The van der Waals surface area contributed by atoms with E-state index >= 15 is 0 Å². The van der Waals surface area contributed by atoms with Crippen LogP contribution in [-0.2, 0) is 27.8 Å². The number of nitrogens with one attached hydrogen (secondary N) is 1. The van der Waals surface area contributed by atoms with Crippen LogP contribution in [0.5, 0.6) is 0 Å². The molecule has 1 atom stereocenters. The molecule has 0 bridgehead atoms. The molecule has 2 aliphatic rings. The van der Waals surface area contributed by atoms with Crippen molar-refractivity contribution < 1.29 is 13.2 Å². The molecule has 3 rings (SSSR count). The Kier molecular flexibility index (Phi) is 4.73. The summed E-state index contributed by atoms with van der Waals surface area (Å²) in [5.41, 5.74) is 1.12. The zero-order valence-corrected chi connectivity index (χ0v) is 14.8. The van der Waals surface area contributed by atoms with Gasteiger partial charge in [0.1, 0.15) is 0 Å². The average molecular weight is 358 g/mol. The second kappa shape index (κ2) is 6.46. The molecule has 1 fully saturated rings. The van der Waals surface area contributed by atoms with E-state index in [0.717, 1.165) is 25.0 Å². The largest absolute Gasteiger partial charge is 0.302 e. The third-order valence-corrected chi connectivity index (χ3v) is 6.72. The molecule has 0 saturated carbocycles. The minimum Gasteiger partial charge on any atom is -0.302 e. The zero-order chi connectivity index (χ0) is 16.6. The lowest BCUT2D eigenvalue weighted by atomic mass is 9.93. The number of piperidine rings is 1. The highest BCUT2D eigenvalue weighted by atomic mass is 32.2. The lowest BCUT2D eigenvalue weighted by Gasteiger charge is -2.28. The minimum absolute atomic E-state index is 0.0711. The Morgan fingerprint density at radius 1 is 1.35 bits per heavy atom. The molecule has 1 unspecified atom stereocenters. The van der Waals surface area contributed by atoms with E-state index in [4.69, 9.17) is 5.14 Å². The van der Waals surface area contributed by atoms with Crippen LogP contribution in [0.15, 0.2) is 0 Å². The fraction of sp³-hybridized carbons (Fsp3) is 0.714. The van der Waals surface area contributed by atoms with Crippen molar-refractivity contribution in [3.05, 3.63) is 10.6 Å². The van der Waals surface area contributed by atoms with Gasteiger partial charge in [-0.3, -0.25) is 4.79 Å². The second-order valence-corrected chi connectivity index (χ2v) is 9.07. The number of carbonyl (C=O) groups is 1. The molecular weight excluding hydrogens is 336 g/mol. The van der Waals surface area contributed by atoms with Crippen molar-refractivity contribution in [1.82, 2.24) is 9.29 Å². The first-order chi connectivity index (χ1) is 10.8. The number of rotatable bonds is 3. The molecule has 0 spiro atoms. The topological polar surface area (TPSA) is 105 Å². The summed E-state index contributed by atoms with van der Waals surface area (Å²) in [4.78, 5) is 18.2. The van der Waals surface area contributed by atoms with Crippen LogP contribution in [0.1, 0.15) is 36.8 Å². The maximum atomic E-state index is 12.4. The Morgan fingerprint density at radius 2 is 2.04 bits per heavy atom. The fourth-order valence-corrected chi connectivity index (χ4v) is 5.07. The van der Waals surface area contributed by atoms with E-state index in [2.05, 4.69) is 17.2 Å². The first kappa shape index (κ1) is 16.8. The van der Waals surface area contributed by atoms with Gasteiger partial charge in [-0.25, -0.2) is 10.1 Å². The number of aromatic nitrogens is 1. The van der Waals surface area contributed by atoms with Gasteiger partial charge in [0.15, 0.2) is 5.13 Å². The molecule has 3 N–H and O–H groups in total. The van der Waals surface area contributed by atoms with Gasteiger partial charge in [-0.2, -0.15) is 12.7 Å². The number of hydrogen-bond acceptors (Lipinski definition) is 5. The summed E-state index contributed by atoms with van der Waals surface area (Å²) in [6, 6.07) is 0. The molecule has 1 aromatic rings. The number of nitrogens with two attached hydrogens (primary N) is 1. The number of fused-ring (bicyclic) bond motifs is 1. The van der Waals surface area contributed by atoms with Gasteiger partial charge >= 0.3 is 0 Å². The first-order valence-electron chi connectivity index (χ1n) is 7.90. The van der Waals surface area contributed by atoms with Crippen molar-refractivity contribution >= 4 is 32.6 Å². The molecule has 7 nitrogen and oxygen atoms in total. The number of thiazole rings is 1. The maximum absolute atomic E-state index is 12.4. The van der Waals surface area contributed by atoms with Gasteiger partial charge in [-0.1, -0.05) is 6.92 Å². The van der Waals surface area contributed by atoms with Gasteiger partial charge in [0, 0.05) is 23.9 Å². The highest BCUT2D eigenvalue weighted by molar-refractivity contribution is 7.86. The normalized spacial score (nSPS) is 23.5. The average Bonchev–Trinajstić information content (AvgIpc) is 2.87. The number of carbonyl (C=O) groups excluding carboxylic acids is 1. The summed E-state index contributed by atoms with van der Waals surface area (Å²) in [7, 11) is -3.65. The smallest absolute Gasteiger partial charge is 0.276 e. The second-order valence-electron chi connectivity index (χ2n) is 6.44. The summed E-state index contributed by atoms with van der Waals surface area (Å²) in [5.74, 6) is 0.417. The molecule has 2 heterocycles. The fourth-order valence-electron chi connectivity index (χ4n) is 3.17. The lowest BCUT2D eigenvalue weighted by Crippen LogP contribution is -2.44. The zero-order valence-electron chi connectivity index (χ0n) is 13.1. The molecule has 1 aromatic heterocycles. The Bertz CT molecular complexity index is 693. The van der Waals surface area contributed by atoms with Gasteiger partial charge in [0.25, 0.3) is 10.2 Å². The Hall–Kier alpha value is -1.03. The van der Waals surface area contributed by atoms with Crippen LogP contribution in [0, 0.1) is 11.8 Å². The van der Waals surface area contributed by atoms with Gasteiger partial charge in [-0.05, 0) is 38.0 Å². The van der Waals surface area contributed by atoms with Crippen molar-refractivity contribution in [2.24, 2.45) is 17.0 Å². The van der Waals surface area contributed by atoms with Crippen LogP contribution in [0.2, 0.25) is 0 Å². The SMILES string of the molecule is CC1CCc2nc(NC(=O)C3CCN(S(N)(=O)=O)CC3)sc2C1. The summed E-state index contributed by atoms with van der Waals surface area (Å²) in [6.07, 6.45) is 4.15. The summed E-state index contributed by atoms with van der Waals surface area (Å²) >= 11 is 1.57. The molecule has 1 amide bonds. The minimum atomic E-state index is -3.65. The lowest BCUT2D eigenvalue weighted by molar-refractivity contribution is -0.120. The van der Waals surface area contributed by atoms with E-state index in [1.54, 1.807) is 11.3 Å². The Morgan fingerprint density at radius 3 is 2.70 bits per heavy atom. The predicted molar refractivity (Wildman–Crippen MR) is 89.3 cm³/mol. The molecule has 23 heavy (non-hydrogen) atoms. The van der Waals surface area contributed by atoms with Gasteiger partial charge in [0.05, 0.1) is 5.69 Å². The summed E-state index contributed by atoms with van der Waals surface area (Å²) in [5, 5.41) is 8.69. The van der Waals surface area contributed by atoms with Crippen molar-refractivity contribution in [3.8, 4) is 0 Å². The van der Waals surface area contributed by atoms with E-state index in [1.165, 1.54) is 9.18 Å². The van der Waals surface area contributed by atoms with Crippen molar-refractivity contribution in [3.63, 3.8) is 0 Å². The van der Waals surface area contributed by atoms with Crippen molar-refractivity contribution in [1.29, 1.82) is 0 Å². The van der Waals surface area contributed by atoms with Crippen LogP contribution in [0.25, 0.3) is 0 Å². The standard InChI is InChI=1S/C14H22N4O3S2/c1-9-2-3-11-12(8-9)22-14(16-11)17-13(19)10-4-6-18(7-5-10)23(15,20)21/h9-10H,2-8H2,1H3,(H2,15,20,21)(H,16,17,19). The number of nitrogens with zero attached hydrogens (tertiary/aromatic N) is 2. The maximum Gasteiger partial charge on any atom is 0.276 e. The summed E-state index contributed by atoms with van der Waals surface area (Å²) < 4.78 is 23.8. The van der Waals surface area contributed by atoms with Crippen LogP contribution < -0.4 is 10.5 Å². The number of anilines is 1. The molecular formula is C14H22N4O3S2. The molecule has 1 aliphatic carbocycles. The molecule has 0 radical (unpaired) electrons. The number of hydrogen-bond donors (Lipinski definition) is 2. The quantitative estimate of drug-likeness (QED) is 0.844. The first-order valence-corrected chi connectivity index (χ1v) is 10.2. The van der Waals surface area contributed by atoms with E-state index < -0.39 is 10.2 Å². The highest BCUT2D eigenvalue weighted by Gasteiger charge is 2.30. The van der Waals surface area contributed by atoms with Crippen LogP contribution in [0.3, 0.4) is 0 Å². The third kappa shape index (κ3) is 3.90. The van der Waals surface area contributed by atoms with Crippen LogP contribution >= 0.6 is 11.3 Å². The molecule has 128 valence electrons. The van der Waals surface area contributed by atoms with Gasteiger partial charge in [0.2, 0.25) is 5.91 Å². The van der Waals surface area contributed by atoms with Gasteiger partial charge in [-0.15, -0.1) is 11.3 Å². The van der Waals surface area contributed by atoms with E-state index in [-0.39, 0.29) is 11.8 Å².